The van der Waals surface area contributed by atoms with E-state index in [-0.39, 0.29) is 12.4 Å². The van der Waals surface area contributed by atoms with Crippen LogP contribution in [0.4, 0.5) is 8.78 Å². The summed E-state index contributed by atoms with van der Waals surface area (Å²) in [7, 11) is 0. The molecule has 86 valence electrons. The van der Waals surface area contributed by atoms with Crippen LogP contribution < -0.4 is 5.73 Å². The van der Waals surface area contributed by atoms with E-state index in [0.29, 0.717) is 5.56 Å². The summed E-state index contributed by atoms with van der Waals surface area (Å²) >= 11 is 1.45. The van der Waals surface area contributed by atoms with Crippen LogP contribution in [0, 0.1) is 11.6 Å². The second kappa shape index (κ2) is 5.39. The Morgan fingerprint density at radius 1 is 1.19 bits per heavy atom. The van der Waals surface area contributed by atoms with Gasteiger partial charge in [-0.15, -0.1) is 23.7 Å². The molecular weight excluding hydrogens is 252 g/mol. The lowest BCUT2D eigenvalue weighted by Crippen LogP contribution is -2.12. The van der Waals surface area contributed by atoms with Crippen LogP contribution in [0.5, 0.6) is 0 Å². The number of hydrogen-bond acceptors (Lipinski definition) is 2. The summed E-state index contributed by atoms with van der Waals surface area (Å²) in [5, 5.41) is 1.87. The molecule has 0 saturated carbocycles. The second-order valence-corrected chi connectivity index (χ2v) is 4.14. The van der Waals surface area contributed by atoms with E-state index in [1.54, 1.807) is 0 Å². The van der Waals surface area contributed by atoms with Crippen molar-refractivity contribution in [1.82, 2.24) is 0 Å². The quantitative estimate of drug-likeness (QED) is 0.880. The van der Waals surface area contributed by atoms with Crippen molar-refractivity contribution in [2.24, 2.45) is 5.73 Å². The van der Waals surface area contributed by atoms with Gasteiger partial charge in [0.1, 0.15) is 11.6 Å². The average molecular weight is 262 g/mol. The fraction of sp³-hybridized carbons (Fsp3) is 0.0909. The standard InChI is InChI=1S/C11H9F2NS.ClH/c12-7-3-4-8(9(13)6-7)11(14)10-2-1-5-15-10;/h1-6,11H,14H2;1H/t11-;/m1./s1. The van der Waals surface area contributed by atoms with E-state index in [9.17, 15) is 8.78 Å². The highest BCUT2D eigenvalue weighted by Gasteiger charge is 2.14. The van der Waals surface area contributed by atoms with Crippen LogP contribution in [-0.2, 0) is 0 Å². The summed E-state index contributed by atoms with van der Waals surface area (Å²) in [5.41, 5.74) is 6.18. The van der Waals surface area contributed by atoms with E-state index in [1.807, 2.05) is 17.5 Å². The van der Waals surface area contributed by atoms with Gasteiger partial charge in [0.15, 0.2) is 0 Å². The van der Waals surface area contributed by atoms with Crippen molar-refractivity contribution in [2.75, 3.05) is 0 Å². The zero-order valence-electron chi connectivity index (χ0n) is 8.19. The fourth-order valence-corrected chi connectivity index (χ4v) is 2.12. The Bertz CT molecular complexity index is 459. The molecule has 1 aromatic heterocycles. The molecule has 0 fully saturated rings. The van der Waals surface area contributed by atoms with Crippen molar-refractivity contribution in [3.63, 3.8) is 0 Å². The van der Waals surface area contributed by atoms with Gasteiger partial charge in [-0.1, -0.05) is 12.1 Å². The topological polar surface area (TPSA) is 26.0 Å². The zero-order valence-corrected chi connectivity index (χ0v) is 9.82. The highest BCUT2D eigenvalue weighted by Crippen LogP contribution is 2.25. The lowest BCUT2D eigenvalue weighted by Gasteiger charge is -2.10. The van der Waals surface area contributed by atoms with Crippen LogP contribution >= 0.6 is 23.7 Å². The summed E-state index contributed by atoms with van der Waals surface area (Å²) in [5.74, 6) is -1.19. The van der Waals surface area contributed by atoms with Crippen LogP contribution in [0.2, 0.25) is 0 Å². The number of halogens is 3. The van der Waals surface area contributed by atoms with Crippen molar-refractivity contribution in [3.8, 4) is 0 Å². The minimum absolute atomic E-state index is 0. The smallest absolute Gasteiger partial charge is 0.131 e. The molecular formula is C11H10ClF2NS. The lowest BCUT2D eigenvalue weighted by molar-refractivity contribution is 0.566. The average Bonchev–Trinajstić information content (AvgIpc) is 2.69. The van der Waals surface area contributed by atoms with E-state index in [0.717, 1.165) is 10.9 Å². The van der Waals surface area contributed by atoms with Gasteiger partial charge in [0.25, 0.3) is 0 Å². The number of benzene rings is 1. The van der Waals surface area contributed by atoms with Crippen molar-refractivity contribution in [3.05, 3.63) is 57.8 Å². The first-order chi connectivity index (χ1) is 7.18. The third-order valence-corrected chi connectivity index (χ3v) is 3.10. The minimum Gasteiger partial charge on any atom is -0.320 e. The molecule has 1 heterocycles. The van der Waals surface area contributed by atoms with Crippen LogP contribution in [0.1, 0.15) is 16.5 Å². The maximum absolute atomic E-state index is 13.4. The highest BCUT2D eigenvalue weighted by molar-refractivity contribution is 7.10. The van der Waals surface area contributed by atoms with Crippen molar-refractivity contribution >= 4 is 23.7 Å². The van der Waals surface area contributed by atoms with Gasteiger partial charge in [-0.25, -0.2) is 8.78 Å². The molecule has 0 aliphatic rings. The van der Waals surface area contributed by atoms with Gasteiger partial charge < -0.3 is 5.73 Å². The van der Waals surface area contributed by atoms with Crippen LogP contribution in [0.25, 0.3) is 0 Å². The molecule has 0 saturated heterocycles. The van der Waals surface area contributed by atoms with Gasteiger partial charge in [0.2, 0.25) is 0 Å². The molecule has 5 heteroatoms. The first-order valence-electron chi connectivity index (χ1n) is 4.42. The molecule has 2 N–H and O–H groups in total. The van der Waals surface area contributed by atoms with Crippen molar-refractivity contribution < 1.29 is 8.78 Å². The normalized spacial score (nSPS) is 11.9. The first-order valence-corrected chi connectivity index (χ1v) is 5.30. The summed E-state index contributed by atoms with van der Waals surface area (Å²) in [6.07, 6.45) is 0. The molecule has 1 nitrogen and oxygen atoms in total. The van der Waals surface area contributed by atoms with Crippen molar-refractivity contribution in [2.45, 2.75) is 6.04 Å². The Morgan fingerprint density at radius 3 is 2.50 bits per heavy atom. The SMILES string of the molecule is Cl.N[C@@H](c1cccs1)c1ccc(F)cc1F. The van der Waals surface area contributed by atoms with Crippen LogP contribution in [0.15, 0.2) is 35.7 Å². The largest absolute Gasteiger partial charge is 0.320 e. The lowest BCUT2D eigenvalue weighted by atomic mass is 10.1. The fourth-order valence-electron chi connectivity index (χ4n) is 1.38. The van der Waals surface area contributed by atoms with E-state index in [4.69, 9.17) is 5.73 Å². The van der Waals surface area contributed by atoms with E-state index in [2.05, 4.69) is 0 Å². The second-order valence-electron chi connectivity index (χ2n) is 3.16. The Balaban J connectivity index is 0.00000128. The Hall–Kier alpha value is -0.970. The molecule has 16 heavy (non-hydrogen) atoms. The third kappa shape index (κ3) is 2.58. The first kappa shape index (κ1) is 13.1. The Labute approximate surface area is 102 Å². The molecule has 0 radical (unpaired) electrons. The molecule has 0 spiro atoms. The zero-order chi connectivity index (χ0) is 10.8. The third-order valence-electron chi connectivity index (χ3n) is 2.15. The maximum atomic E-state index is 13.4. The summed E-state index contributed by atoms with van der Waals surface area (Å²) in [4.78, 5) is 0.862. The Kier molecular flexibility index (Phi) is 4.41. The Morgan fingerprint density at radius 2 is 1.94 bits per heavy atom. The molecule has 0 amide bonds. The van der Waals surface area contributed by atoms with Gasteiger partial charge in [-0.05, 0) is 17.5 Å². The summed E-state index contributed by atoms with van der Waals surface area (Å²) in [6, 6.07) is 6.61. The van der Waals surface area contributed by atoms with E-state index < -0.39 is 17.7 Å². The van der Waals surface area contributed by atoms with Crippen LogP contribution in [0.3, 0.4) is 0 Å². The predicted octanol–water partition coefficient (Wildman–Crippen LogP) is 3.50. The van der Waals surface area contributed by atoms with Gasteiger partial charge in [0.05, 0.1) is 6.04 Å². The number of nitrogens with two attached hydrogens (primary N) is 1. The van der Waals surface area contributed by atoms with Crippen molar-refractivity contribution in [1.29, 1.82) is 0 Å². The predicted molar refractivity (Wildman–Crippen MR) is 64.0 cm³/mol. The molecule has 2 aromatic rings. The molecule has 1 atom stereocenters. The molecule has 0 aliphatic heterocycles. The molecule has 0 unspecified atom stereocenters. The van der Waals surface area contributed by atoms with Gasteiger partial charge in [-0.3, -0.25) is 0 Å². The number of rotatable bonds is 2. The molecule has 0 aliphatic carbocycles. The minimum atomic E-state index is -0.601. The van der Waals surface area contributed by atoms with Gasteiger partial charge >= 0.3 is 0 Å². The van der Waals surface area contributed by atoms with E-state index in [1.165, 1.54) is 23.5 Å². The molecule has 0 bridgehead atoms. The molecule has 1 aromatic carbocycles. The number of hydrogen-bond donors (Lipinski definition) is 1. The van der Waals surface area contributed by atoms with Crippen LogP contribution in [-0.4, -0.2) is 0 Å². The number of thiophene rings is 1. The monoisotopic (exact) mass is 261 g/mol. The van der Waals surface area contributed by atoms with Gasteiger partial charge in [-0.2, -0.15) is 0 Å². The van der Waals surface area contributed by atoms with E-state index >= 15 is 0 Å². The van der Waals surface area contributed by atoms with Gasteiger partial charge in [0, 0.05) is 16.5 Å². The summed E-state index contributed by atoms with van der Waals surface area (Å²) in [6.45, 7) is 0. The molecule has 2 rings (SSSR count). The maximum Gasteiger partial charge on any atom is 0.131 e. The highest BCUT2D eigenvalue weighted by atomic mass is 35.5. The summed E-state index contributed by atoms with van der Waals surface area (Å²) < 4.78 is 26.1.